The van der Waals surface area contributed by atoms with Crippen LogP contribution in [0.3, 0.4) is 0 Å². The molecule has 1 fully saturated rings. The first kappa shape index (κ1) is 16.9. The molecule has 4 heterocycles. The van der Waals surface area contributed by atoms with E-state index in [2.05, 4.69) is 11.1 Å². The second-order valence-electron chi connectivity index (χ2n) is 6.79. The van der Waals surface area contributed by atoms with E-state index in [-0.39, 0.29) is 23.1 Å². The Balaban J connectivity index is 1.52. The van der Waals surface area contributed by atoms with Gasteiger partial charge in [-0.1, -0.05) is 23.9 Å². The van der Waals surface area contributed by atoms with E-state index in [1.807, 2.05) is 23.1 Å². The van der Waals surface area contributed by atoms with Gasteiger partial charge in [-0.3, -0.25) is 14.2 Å². The lowest BCUT2D eigenvalue weighted by Gasteiger charge is -2.34. The van der Waals surface area contributed by atoms with Crippen molar-refractivity contribution in [3.63, 3.8) is 0 Å². The molecule has 138 valence electrons. The lowest BCUT2D eigenvalue weighted by atomic mass is 10.0. The van der Waals surface area contributed by atoms with Crippen LogP contribution in [0, 0.1) is 0 Å². The van der Waals surface area contributed by atoms with E-state index in [0.717, 1.165) is 40.2 Å². The number of amides is 1. The molecule has 1 saturated heterocycles. The minimum atomic E-state index is -0.219. The van der Waals surface area contributed by atoms with Gasteiger partial charge in [0.2, 0.25) is 0 Å². The SMILES string of the molecule is O=C(c1cnc2n(c1=O)CCS2)N1CCCC[C@@H]1c1nc2ccccc2s1. The summed E-state index contributed by atoms with van der Waals surface area (Å²) in [6, 6.07) is 7.96. The zero-order valence-electron chi connectivity index (χ0n) is 14.6. The third-order valence-corrected chi connectivity index (χ3v) is 7.25. The molecule has 0 spiro atoms. The number of rotatable bonds is 2. The van der Waals surface area contributed by atoms with Crippen LogP contribution in [0.4, 0.5) is 0 Å². The van der Waals surface area contributed by atoms with Crippen molar-refractivity contribution in [2.45, 2.75) is 37.0 Å². The first-order valence-electron chi connectivity index (χ1n) is 9.11. The van der Waals surface area contributed by atoms with E-state index in [1.54, 1.807) is 27.7 Å². The van der Waals surface area contributed by atoms with Crippen molar-refractivity contribution in [3.05, 3.63) is 51.4 Å². The molecule has 0 aliphatic carbocycles. The number of hydrogen-bond acceptors (Lipinski definition) is 6. The first-order valence-corrected chi connectivity index (χ1v) is 10.9. The molecular weight excluding hydrogens is 380 g/mol. The number of thiazole rings is 1. The maximum atomic E-state index is 13.3. The third kappa shape index (κ3) is 2.87. The van der Waals surface area contributed by atoms with Crippen LogP contribution in [0.1, 0.15) is 40.7 Å². The van der Waals surface area contributed by atoms with E-state index in [9.17, 15) is 9.59 Å². The molecule has 0 bridgehead atoms. The number of benzene rings is 1. The van der Waals surface area contributed by atoms with Crippen LogP contribution in [-0.4, -0.2) is 37.6 Å². The lowest BCUT2D eigenvalue weighted by Crippen LogP contribution is -2.41. The standard InChI is InChI=1S/C19H18N4O2S2/c24-17(12-11-20-19-23(18(12)25)9-10-26-19)22-8-4-3-6-14(22)16-21-13-5-1-2-7-15(13)27-16/h1-2,5,7,11,14H,3-4,6,8-10H2/t14-/m1/s1. The van der Waals surface area contributed by atoms with Crippen LogP contribution in [0.15, 0.2) is 40.4 Å². The molecule has 8 heteroatoms. The van der Waals surface area contributed by atoms with Gasteiger partial charge in [0.25, 0.3) is 11.5 Å². The fraction of sp³-hybridized carbons (Fsp3) is 0.368. The summed E-state index contributed by atoms with van der Waals surface area (Å²) in [5.41, 5.74) is 0.921. The molecule has 3 aromatic rings. The summed E-state index contributed by atoms with van der Waals surface area (Å²) < 4.78 is 2.75. The minimum absolute atomic E-state index is 0.0734. The highest BCUT2D eigenvalue weighted by Crippen LogP contribution is 2.36. The summed E-state index contributed by atoms with van der Waals surface area (Å²) in [5.74, 6) is 0.612. The fourth-order valence-electron chi connectivity index (χ4n) is 3.78. The Bertz CT molecular complexity index is 1060. The van der Waals surface area contributed by atoms with Crippen LogP contribution in [0.2, 0.25) is 0 Å². The molecule has 5 rings (SSSR count). The van der Waals surface area contributed by atoms with Crippen LogP contribution in [0.25, 0.3) is 10.2 Å². The zero-order valence-corrected chi connectivity index (χ0v) is 16.3. The molecule has 2 aliphatic heterocycles. The maximum Gasteiger partial charge on any atom is 0.267 e. The number of aromatic nitrogens is 3. The van der Waals surface area contributed by atoms with Gasteiger partial charge in [0, 0.05) is 25.0 Å². The summed E-state index contributed by atoms with van der Waals surface area (Å²) in [4.78, 5) is 37.0. The third-order valence-electron chi connectivity index (χ3n) is 5.15. The zero-order chi connectivity index (χ0) is 18.4. The molecule has 1 atom stereocenters. The van der Waals surface area contributed by atoms with Gasteiger partial charge in [-0.2, -0.15) is 0 Å². The summed E-state index contributed by atoms with van der Waals surface area (Å²) in [7, 11) is 0. The normalized spacial score (nSPS) is 19.4. The molecule has 27 heavy (non-hydrogen) atoms. The number of hydrogen-bond donors (Lipinski definition) is 0. The van der Waals surface area contributed by atoms with Gasteiger partial charge in [0.15, 0.2) is 5.16 Å². The first-order chi connectivity index (χ1) is 13.2. The van der Waals surface area contributed by atoms with Crippen molar-refractivity contribution in [2.75, 3.05) is 12.3 Å². The minimum Gasteiger partial charge on any atom is -0.329 e. The number of thioether (sulfide) groups is 1. The lowest BCUT2D eigenvalue weighted by molar-refractivity contribution is 0.0608. The average molecular weight is 399 g/mol. The monoisotopic (exact) mass is 398 g/mol. The molecule has 1 amide bonds. The van der Waals surface area contributed by atoms with Gasteiger partial charge in [-0.05, 0) is 31.4 Å². The number of para-hydroxylation sites is 1. The van der Waals surface area contributed by atoms with Crippen molar-refractivity contribution in [2.24, 2.45) is 0 Å². The molecule has 2 aromatic heterocycles. The summed E-state index contributed by atoms with van der Waals surface area (Å²) in [6.07, 6.45) is 4.34. The predicted octanol–water partition coefficient (Wildman–Crippen LogP) is 3.33. The number of fused-ring (bicyclic) bond motifs is 2. The Morgan fingerprint density at radius 2 is 2.07 bits per heavy atom. The van der Waals surface area contributed by atoms with Gasteiger partial charge >= 0.3 is 0 Å². The Labute approximate surface area is 164 Å². The highest BCUT2D eigenvalue weighted by Gasteiger charge is 2.33. The quantitative estimate of drug-likeness (QED) is 0.620. The van der Waals surface area contributed by atoms with E-state index >= 15 is 0 Å². The summed E-state index contributed by atoms with van der Waals surface area (Å²) in [5, 5.41) is 1.66. The largest absolute Gasteiger partial charge is 0.329 e. The molecule has 6 nitrogen and oxygen atoms in total. The molecule has 0 saturated carbocycles. The predicted molar refractivity (Wildman–Crippen MR) is 106 cm³/mol. The van der Waals surface area contributed by atoms with Crippen LogP contribution >= 0.6 is 23.1 Å². The van der Waals surface area contributed by atoms with Crippen LogP contribution < -0.4 is 5.56 Å². The topological polar surface area (TPSA) is 68.1 Å². The Morgan fingerprint density at radius 3 is 2.96 bits per heavy atom. The van der Waals surface area contributed by atoms with E-state index in [1.165, 1.54) is 6.20 Å². The molecule has 0 N–H and O–H groups in total. The Kier molecular flexibility index (Phi) is 4.24. The van der Waals surface area contributed by atoms with Crippen molar-refractivity contribution in [1.82, 2.24) is 19.4 Å². The Morgan fingerprint density at radius 1 is 1.19 bits per heavy atom. The summed E-state index contributed by atoms with van der Waals surface area (Å²) >= 11 is 3.19. The molecule has 0 radical (unpaired) electrons. The molecule has 1 aromatic carbocycles. The van der Waals surface area contributed by atoms with E-state index in [4.69, 9.17) is 4.98 Å². The van der Waals surface area contributed by atoms with Crippen molar-refractivity contribution in [3.8, 4) is 0 Å². The van der Waals surface area contributed by atoms with E-state index in [0.29, 0.717) is 18.2 Å². The highest BCUT2D eigenvalue weighted by atomic mass is 32.2. The number of carbonyl (C=O) groups is 1. The Hall–Kier alpha value is -2.19. The maximum absolute atomic E-state index is 13.3. The fourth-order valence-corrected chi connectivity index (χ4v) is 5.81. The highest BCUT2D eigenvalue weighted by molar-refractivity contribution is 7.99. The van der Waals surface area contributed by atoms with Gasteiger partial charge in [0.05, 0.1) is 16.3 Å². The average Bonchev–Trinajstić information content (AvgIpc) is 3.35. The van der Waals surface area contributed by atoms with Gasteiger partial charge < -0.3 is 4.90 Å². The molecular formula is C19H18N4O2S2. The summed E-state index contributed by atoms with van der Waals surface area (Å²) in [6.45, 7) is 1.27. The number of likely N-dealkylation sites (tertiary alicyclic amines) is 1. The van der Waals surface area contributed by atoms with Gasteiger partial charge in [0.1, 0.15) is 10.6 Å². The van der Waals surface area contributed by atoms with Crippen LogP contribution in [-0.2, 0) is 6.54 Å². The van der Waals surface area contributed by atoms with E-state index < -0.39 is 0 Å². The smallest absolute Gasteiger partial charge is 0.267 e. The van der Waals surface area contributed by atoms with Crippen molar-refractivity contribution < 1.29 is 4.79 Å². The second kappa shape index (κ2) is 6.76. The molecule has 2 aliphatic rings. The van der Waals surface area contributed by atoms with Gasteiger partial charge in [-0.25, -0.2) is 9.97 Å². The van der Waals surface area contributed by atoms with Crippen molar-refractivity contribution >= 4 is 39.2 Å². The van der Waals surface area contributed by atoms with Gasteiger partial charge in [-0.15, -0.1) is 11.3 Å². The number of piperidine rings is 1. The van der Waals surface area contributed by atoms with Crippen molar-refractivity contribution in [1.29, 1.82) is 0 Å². The number of carbonyl (C=O) groups excluding carboxylic acids is 1. The number of nitrogens with zero attached hydrogens (tertiary/aromatic N) is 4. The van der Waals surface area contributed by atoms with Crippen LogP contribution in [0.5, 0.6) is 0 Å². The molecule has 0 unspecified atom stereocenters. The second-order valence-corrected chi connectivity index (χ2v) is 8.91.